The molecule has 1 aliphatic rings. The summed E-state index contributed by atoms with van der Waals surface area (Å²) in [6, 6.07) is 9.58. The van der Waals surface area contributed by atoms with Gasteiger partial charge < -0.3 is 4.74 Å². The molecule has 0 bridgehead atoms. The number of aromatic nitrogens is 4. The molecule has 0 amide bonds. The molecule has 3 rings (SSSR count). The van der Waals surface area contributed by atoms with E-state index in [9.17, 15) is 4.79 Å². The molecule has 0 radical (unpaired) electrons. The second kappa shape index (κ2) is 5.00. The average Bonchev–Trinajstić information content (AvgIpc) is 2.98. The summed E-state index contributed by atoms with van der Waals surface area (Å²) in [5.41, 5.74) is 0.870. The lowest BCUT2D eigenvalue weighted by molar-refractivity contribution is -0.140. The van der Waals surface area contributed by atoms with E-state index < -0.39 is 0 Å². The third kappa shape index (κ3) is 2.46. The minimum absolute atomic E-state index is 0.0361. The van der Waals surface area contributed by atoms with Crippen LogP contribution in [0.1, 0.15) is 13.3 Å². The van der Waals surface area contributed by atoms with E-state index >= 15 is 0 Å². The average molecular weight is 276 g/mol. The highest BCUT2D eigenvalue weighted by molar-refractivity contribution is 8.00. The smallest absolute Gasteiger partial charge is 0.319 e. The number of tetrazole rings is 1. The Hall–Kier alpha value is -1.89. The third-order valence-corrected chi connectivity index (χ3v) is 3.95. The molecule has 1 aliphatic heterocycles. The van der Waals surface area contributed by atoms with Crippen molar-refractivity contribution in [1.82, 2.24) is 20.2 Å². The largest absolute Gasteiger partial charge is 0.462 e. The van der Waals surface area contributed by atoms with Crippen molar-refractivity contribution in [3.8, 4) is 5.69 Å². The Morgan fingerprint density at radius 2 is 2.16 bits per heavy atom. The van der Waals surface area contributed by atoms with Crippen molar-refractivity contribution in [2.24, 2.45) is 0 Å². The first kappa shape index (κ1) is 12.2. The fraction of sp³-hybridized carbons (Fsp3) is 0.333. The molecule has 0 unspecified atom stereocenters. The van der Waals surface area contributed by atoms with E-state index in [-0.39, 0.29) is 17.3 Å². The first-order chi connectivity index (χ1) is 9.24. The lowest BCUT2D eigenvalue weighted by Crippen LogP contribution is -2.11. The predicted octanol–water partition coefficient (Wildman–Crippen LogP) is 1.46. The van der Waals surface area contributed by atoms with E-state index in [4.69, 9.17) is 4.74 Å². The molecule has 19 heavy (non-hydrogen) atoms. The summed E-state index contributed by atoms with van der Waals surface area (Å²) in [4.78, 5) is 11.6. The van der Waals surface area contributed by atoms with Crippen LogP contribution in [0.5, 0.6) is 0 Å². The number of hydrogen-bond donors (Lipinski definition) is 0. The molecule has 1 saturated heterocycles. The topological polar surface area (TPSA) is 69.9 Å². The Labute approximate surface area is 114 Å². The highest BCUT2D eigenvalue weighted by Gasteiger charge is 2.34. The van der Waals surface area contributed by atoms with Crippen molar-refractivity contribution in [2.75, 3.05) is 0 Å². The summed E-state index contributed by atoms with van der Waals surface area (Å²) in [5, 5.41) is 12.0. The molecule has 0 N–H and O–H groups in total. The quantitative estimate of drug-likeness (QED) is 0.790. The minimum atomic E-state index is -0.233. The Morgan fingerprint density at radius 3 is 2.84 bits per heavy atom. The van der Waals surface area contributed by atoms with Gasteiger partial charge in [-0.1, -0.05) is 30.0 Å². The Bertz CT molecular complexity index is 586. The van der Waals surface area contributed by atoms with Crippen molar-refractivity contribution < 1.29 is 9.53 Å². The number of carbonyl (C=O) groups excluding carboxylic acids is 1. The number of ether oxygens (including phenoxy) is 1. The monoisotopic (exact) mass is 276 g/mol. The third-order valence-electron chi connectivity index (χ3n) is 2.82. The van der Waals surface area contributed by atoms with Crippen LogP contribution in [0.4, 0.5) is 0 Å². The molecule has 0 aliphatic carbocycles. The molecule has 2 atom stereocenters. The fourth-order valence-corrected chi connectivity index (χ4v) is 3.03. The van der Waals surface area contributed by atoms with E-state index in [1.165, 1.54) is 11.8 Å². The maximum atomic E-state index is 11.6. The van der Waals surface area contributed by atoms with Gasteiger partial charge in [-0.3, -0.25) is 4.79 Å². The molecular formula is C12H12N4O2S. The van der Waals surface area contributed by atoms with Gasteiger partial charge in [0.1, 0.15) is 11.4 Å². The van der Waals surface area contributed by atoms with E-state index in [1.54, 1.807) is 4.68 Å². The highest BCUT2D eigenvalue weighted by Crippen LogP contribution is 2.31. The molecule has 98 valence electrons. The van der Waals surface area contributed by atoms with Gasteiger partial charge in [-0.05, 0) is 29.5 Å². The number of rotatable bonds is 3. The van der Waals surface area contributed by atoms with Crippen LogP contribution in [0.2, 0.25) is 0 Å². The zero-order chi connectivity index (χ0) is 13.2. The lowest BCUT2D eigenvalue weighted by Gasteiger charge is -2.05. The second-order valence-corrected chi connectivity index (χ2v) is 5.47. The number of carbonyl (C=O) groups is 1. The van der Waals surface area contributed by atoms with Gasteiger partial charge in [0.15, 0.2) is 0 Å². The van der Waals surface area contributed by atoms with Crippen LogP contribution in [0, 0.1) is 0 Å². The van der Waals surface area contributed by atoms with Crippen LogP contribution in [0.25, 0.3) is 5.69 Å². The molecule has 2 aromatic rings. The van der Waals surface area contributed by atoms with E-state index in [0.29, 0.717) is 11.6 Å². The standard InChI is InChI=1S/C12H12N4O2S/c1-8-7-10(11(17)18-8)19-12-13-14-15-16(12)9-5-3-2-4-6-9/h2-6,8,10H,7H2,1H3/t8-,10-/m0/s1. The predicted molar refractivity (Wildman–Crippen MR) is 69.0 cm³/mol. The molecule has 7 heteroatoms. The molecule has 1 aromatic carbocycles. The summed E-state index contributed by atoms with van der Waals surface area (Å²) in [7, 11) is 0. The van der Waals surface area contributed by atoms with Crippen LogP contribution >= 0.6 is 11.8 Å². The van der Waals surface area contributed by atoms with Crippen LogP contribution in [0.3, 0.4) is 0 Å². The lowest BCUT2D eigenvalue weighted by atomic mass is 10.3. The van der Waals surface area contributed by atoms with Crippen LogP contribution < -0.4 is 0 Å². The summed E-state index contributed by atoms with van der Waals surface area (Å²) in [6.45, 7) is 1.89. The minimum Gasteiger partial charge on any atom is -0.462 e. The number of benzene rings is 1. The van der Waals surface area contributed by atoms with Gasteiger partial charge in [0.25, 0.3) is 0 Å². The van der Waals surface area contributed by atoms with E-state index in [2.05, 4.69) is 15.5 Å². The molecular weight excluding hydrogens is 264 g/mol. The maximum Gasteiger partial charge on any atom is 0.319 e. The SMILES string of the molecule is C[C@H]1C[C@H](Sc2nnnn2-c2ccccc2)C(=O)O1. The number of esters is 1. The number of nitrogens with zero attached hydrogens (tertiary/aromatic N) is 4. The van der Waals surface area contributed by atoms with Gasteiger partial charge in [0.05, 0.1) is 5.69 Å². The maximum absolute atomic E-state index is 11.6. The van der Waals surface area contributed by atoms with Crippen molar-refractivity contribution in [3.63, 3.8) is 0 Å². The molecule has 0 spiro atoms. The normalized spacial score (nSPS) is 22.5. The fourth-order valence-electron chi connectivity index (χ4n) is 1.93. The number of thioether (sulfide) groups is 1. The summed E-state index contributed by atoms with van der Waals surface area (Å²) in [5.74, 6) is -0.194. The summed E-state index contributed by atoms with van der Waals surface area (Å²) >= 11 is 1.34. The van der Waals surface area contributed by atoms with Gasteiger partial charge in [-0.25, -0.2) is 0 Å². The van der Waals surface area contributed by atoms with E-state index in [0.717, 1.165) is 5.69 Å². The van der Waals surface area contributed by atoms with Crippen molar-refractivity contribution in [1.29, 1.82) is 0 Å². The first-order valence-electron chi connectivity index (χ1n) is 5.95. The Morgan fingerprint density at radius 1 is 1.37 bits per heavy atom. The highest BCUT2D eigenvalue weighted by atomic mass is 32.2. The molecule has 6 nitrogen and oxygen atoms in total. The molecule has 2 heterocycles. The summed E-state index contributed by atoms with van der Waals surface area (Å²) < 4.78 is 6.76. The van der Waals surface area contributed by atoms with Gasteiger partial charge in [-0.15, -0.1) is 5.10 Å². The molecule has 0 saturated carbocycles. The van der Waals surface area contributed by atoms with Gasteiger partial charge >= 0.3 is 5.97 Å². The van der Waals surface area contributed by atoms with Crippen LogP contribution in [0.15, 0.2) is 35.5 Å². The van der Waals surface area contributed by atoms with Crippen molar-refractivity contribution >= 4 is 17.7 Å². The molecule has 1 aromatic heterocycles. The van der Waals surface area contributed by atoms with Crippen molar-refractivity contribution in [3.05, 3.63) is 30.3 Å². The molecule has 1 fully saturated rings. The number of hydrogen-bond acceptors (Lipinski definition) is 6. The number of cyclic esters (lactones) is 1. The second-order valence-electron chi connectivity index (χ2n) is 4.30. The van der Waals surface area contributed by atoms with Crippen LogP contribution in [-0.2, 0) is 9.53 Å². The first-order valence-corrected chi connectivity index (χ1v) is 6.83. The Kier molecular flexibility index (Phi) is 3.20. The van der Waals surface area contributed by atoms with Gasteiger partial charge in [0, 0.05) is 6.42 Å². The van der Waals surface area contributed by atoms with Gasteiger partial charge in [-0.2, -0.15) is 4.68 Å². The van der Waals surface area contributed by atoms with E-state index in [1.807, 2.05) is 37.3 Å². The Balaban J connectivity index is 1.83. The van der Waals surface area contributed by atoms with Gasteiger partial charge in [0.2, 0.25) is 5.16 Å². The number of para-hydroxylation sites is 1. The zero-order valence-electron chi connectivity index (χ0n) is 10.3. The van der Waals surface area contributed by atoms with Crippen LogP contribution in [-0.4, -0.2) is 37.5 Å². The van der Waals surface area contributed by atoms with Crippen molar-refractivity contribution in [2.45, 2.75) is 29.9 Å². The summed E-state index contributed by atoms with van der Waals surface area (Å²) in [6.07, 6.45) is 0.650. The zero-order valence-corrected chi connectivity index (χ0v) is 11.1.